The molecule has 0 aromatic heterocycles. The van der Waals surface area contributed by atoms with Crippen molar-refractivity contribution >= 4 is 21.7 Å². The van der Waals surface area contributed by atoms with E-state index in [0.29, 0.717) is 12.1 Å². The molecule has 0 saturated carbocycles. The van der Waals surface area contributed by atoms with Crippen LogP contribution in [-0.4, -0.2) is 12.3 Å². The quantitative estimate of drug-likeness (QED) is 0.845. The summed E-state index contributed by atoms with van der Waals surface area (Å²) in [6.07, 6.45) is 0. The second kappa shape index (κ2) is 4.24. The van der Waals surface area contributed by atoms with E-state index in [9.17, 15) is 4.79 Å². The van der Waals surface area contributed by atoms with Crippen LogP contribution in [0.15, 0.2) is 28.7 Å². The Kier molecular flexibility index (Phi) is 3.45. The van der Waals surface area contributed by atoms with Crippen LogP contribution < -0.4 is 5.73 Å². The fraction of sp³-hybridized carbons (Fsp3) is 0.364. The van der Waals surface area contributed by atoms with Crippen LogP contribution in [0.3, 0.4) is 0 Å². The first-order valence-corrected chi connectivity index (χ1v) is 5.27. The summed E-state index contributed by atoms with van der Waals surface area (Å²) < 4.78 is 0.972. The largest absolute Gasteiger partial charge is 0.329 e. The van der Waals surface area contributed by atoms with E-state index < -0.39 is 5.41 Å². The van der Waals surface area contributed by atoms with Crippen molar-refractivity contribution in [1.29, 1.82) is 0 Å². The molecule has 0 heterocycles. The molecule has 2 nitrogen and oxygen atoms in total. The van der Waals surface area contributed by atoms with Crippen molar-refractivity contribution in [3.63, 3.8) is 0 Å². The molecule has 0 spiro atoms. The van der Waals surface area contributed by atoms with Crippen LogP contribution in [0.4, 0.5) is 0 Å². The summed E-state index contributed by atoms with van der Waals surface area (Å²) in [6, 6.07) is 7.34. The number of rotatable bonds is 3. The summed E-state index contributed by atoms with van der Waals surface area (Å²) >= 11 is 3.33. The third kappa shape index (κ3) is 2.42. The number of carbonyl (C=O) groups excluding carboxylic acids is 1. The van der Waals surface area contributed by atoms with Crippen LogP contribution in [0.2, 0.25) is 0 Å². The average molecular weight is 256 g/mol. The van der Waals surface area contributed by atoms with E-state index in [1.807, 2.05) is 38.1 Å². The molecule has 14 heavy (non-hydrogen) atoms. The Morgan fingerprint density at radius 1 is 1.36 bits per heavy atom. The summed E-state index contributed by atoms with van der Waals surface area (Å²) in [7, 11) is 0. The normalized spacial score (nSPS) is 11.4. The van der Waals surface area contributed by atoms with Crippen molar-refractivity contribution in [2.75, 3.05) is 6.54 Å². The number of carbonyl (C=O) groups is 1. The molecule has 1 aromatic rings. The maximum atomic E-state index is 11.9. The summed E-state index contributed by atoms with van der Waals surface area (Å²) in [5.74, 6) is 0.0903. The molecule has 0 fully saturated rings. The Bertz CT molecular complexity index is 330. The highest BCUT2D eigenvalue weighted by Crippen LogP contribution is 2.21. The van der Waals surface area contributed by atoms with Gasteiger partial charge in [0.2, 0.25) is 0 Å². The zero-order chi connectivity index (χ0) is 10.8. The lowest BCUT2D eigenvalue weighted by molar-refractivity contribution is 0.0847. The number of hydrogen-bond acceptors (Lipinski definition) is 2. The number of Topliss-reactive ketones (excluding diaryl/α,β-unsaturated/α-hetero) is 1. The maximum Gasteiger partial charge on any atom is 0.169 e. The summed E-state index contributed by atoms with van der Waals surface area (Å²) in [5.41, 5.74) is 5.78. The molecule has 0 unspecified atom stereocenters. The van der Waals surface area contributed by atoms with Gasteiger partial charge in [0.05, 0.1) is 0 Å². The van der Waals surface area contributed by atoms with Crippen LogP contribution in [-0.2, 0) is 0 Å². The predicted octanol–water partition coefficient (Wildman–Crippen LogP) is 2.62. The minimum absolute atomic E-state index is 0.0903. The molecule has 0 radical (unpaired) electrons. The lowest BCUT2D eigenvalue weighted by Gasteiger charge is -2.20. The lowest BCUT2D eigenvalue weighted by atomic mass is 9.84. The molecular formula is C11H14BrNO. The zero-order valence-corrected chi connectivity index (χ0v) is 9.97. The highest BCUT2D eigenvalue weighted by atomic mass is 79.9. The van der Waals surface area contributed by atoms with Crippen molar-refractivity contribution in [2.24, 2.45) is 11.1 Å². The van der Waals surface area contributed by atoms with Crippen molar-refractivity contribution in [2.45, 2.75) is 13.8 Å². The minimum Gasteiger partial charge on any atom is -0.329 e. The van der Waals surface area contributed by atoms with Crippen LogP contribution in [0.25, 0.3) is 0 Å². The molecule has 0 amide bonds. The molecule has 2 N–H and O–H groups in total. The molecule has 0 saturated heterocycles. The molecule has 0 aliphatic heterocycles. The molecule has 0 bridgehead atoms. The molecule has 0 aliphatic rings. The average Bonchev–Trinajstić information content (AvgIpc) is 2.18. The highest BCUT2D eigenvalue weighted by molar-refractivity contribution is 9.10. The van der Waals surface area contributed by atoms with Crippen molar-refractivity contribution in [1.82, 2.24) is 0 Å². The Hall–Kier alpha value is -0.670. The number of ketones is 1. The number of halogens is 1. The minimum atomic E-state index is -0.478. The molecule has 76 valence electrons. The smallest absolute Gasteiger partial charge is 0.169 e. The van der Waals surface area contributed by atoms with Gasteiger partial charge in [-0.05, 0) is 12.1 Å². The van der Waals surface area contributed by atoms with Crippen molar-refractivity contribution in [3.05, 3.63) is 34.3 Å². The first-order valence-electron chi connectivity index (χ1n) is 4.48. The van der Waals surface area contributed by atoms with Crippen molar-refractivity contribution in [3.8, 4) is 0 Å². The van der Waals surface area contributed by atoms with Crippen LogP contribution >= 0.6 is 15.9 Å². The first kappa shape index (κ1) is 11.4. The standard InChI is InChI=1S/C11H14BrNO/c1-11(2,7-13)10(14)8-3-5-9(12)6-4-8/h3-6H,7,13H2,1-2H3. The van der Waals surface area contributed by atoms with Crippen LogP contribution in [0.1, 0.15) is 24.2 Å². The van der Waals surface area contributed by atoms with Gasteiger partial charge in [0.25, 0.3) is 0 Å². The summed E-state index contributed by atoms with van der Waals surface area (Å²) in [6.45, 7) is 4.08. The van der Waals surface area contributed by atoms with E-state index in [4.69, 9.17) is 5.73 Å². The third-order valence-corrected chi connectivity index (χ3v) is 2.76. The SMILES string of the molecule is CC(C)(CN)C(=O)c1ccc(Br)cc1. The highest BCUT2D eigenvalue weighted by Gasteiger charge is 2.26. The van der Waals surface area contributed by atoms with Gasteiger partial charge in [-0.1, -0.05) is 41.9 Å². The molecular weight excluding hydrogens is 242 g/mol. The summed E-state index contributed by atoms with van der Waals surface area (Å²) in [5, 5.41) is 0. The van der Waals surface area contributed by atoms with Crippen molar-refractivity contribution < 1.29 is 4.79 Å². The third-order valence-electron chi connectivity index (χ3n) is 2.23. The second-order valence-corrected chi connectivity index (χ2v) is 4.84. The fourth-order valence-corrected chi connectivity index (χ4v) is 1.35. The van der Waals surface area contributed by atoms with Crippen LogP contribution in [0.5, 0.6) is 0 Å². The van der Waals surface area contributed by atoms with E-state index in [-0.39, 0.29) is 5.78 Å². The first-order chi connectivity index (χ1) is 6.47. The van der Waals surface area contributed by atoms with Gasteiger partial charge in [0, 0.05) is 22.0 Å². The van der Waals surface area contributed by atoms with E-state index in [1.165, 1.54) is 0 Å². The number of hydrogen-bond donors (Lipinski definition) is 1. The topological polar surface area (TPSA) is 43.1 Å². The van der Waals surface area contributed by atoms with Gasteiger partial charge in [-0.25, -0.2) is 0 Å². The van der Waals surface area contributed by atoms with E-state index >= 15 is 0 Å². The zero-order valence-electron chi connectivity index (χ0n) is 8.38. The Morgan fingerprint density at radius 2 is 1.86 bits per heavy atom. The van der Waals surface area contributed by atoms with Gasteiger partial charge in [-0.3, -0.25) is 4.79 Å². The van der Waals surface area contributed by atoms with E-state index in [1.54, 1.807) is 0 Å². The molecule has 3 heteroatoms. The van der Waals surface area contributed by atoms with Gasteiger partial charge >= 0.3 is 0 Å². The number of benzene rings is 1. The molecule has 0 aliphatic carbocycles. The van der Waals surface area contributed by atoms with Gasteiger partial charge in [0.1, 0.15) is 0 Å². The Morgan fingerprint density at radius 3 is 2.29 bits per heavy atom. The number of nitrogens with two attached hydrogens (primary N) is 1. The van der Waals surface area contributed by atoms with Gasteiger partial charge in [-0.2, -0.15) is 0 Å². The molecule has 1 aromatic carbocycles. The van der Waals surface area contributed by atoms with E-state index in [0.717, 1.165) is 4.47 Å². The Labute approximate surface area is 92.6 Å². The Balaban J connectivity index is 2.96. The van der Waals surface area contributed by atoms with E-state index in [2.05, 4.69) is 15.9 Å². The monoisotopic (exact) mass is 255 g/mol. The fourth-order valence-electron chi connectivity index (χ4n) is 1.08. The lowest BCUT2D eigenvalue weighted by Crippen LogP contribution is -2.32. The van der Waals surface area contributed by atoms with Gasteiger partial charge in [-0.15, -0.1) is 0 Å². The maximum absolute atomic E-state index is 11.9. The molecule has 0 atom stereocenters. The van der Waals surface area contributed by atoms with Gasteiger partial charge < -0.3 is 5.73 Å². The van der Waals surface area contributed by atoms with Gasteiger partial charge in [0.15, 0.2) is 5.78 Å². The second-order valence-electron chi connectivity index (χ2n) is 3.92. The summed E-state index contributed by atoms with van der Waals surface area (Å²) in [4.78, 5) is 11.9. The van der Waals surface area contributed by atoms with Crippen LogP contribution in [0, 0.1) is 5.41 Å². The molecule has 1 rings (SSSR count). The predicted molar refractivity (Wildman–Crippen MR) is 61.3 cm³/mol.